The number of hydrogen-bond donors (Lipinski definition) is 2. The first kappa shape index (κ1) is 11.7. The van der Waals surface area contributed by atoms with Crippen LogP contribution in [-0.4, -0.2) is 17.5 Å². The summed E-state index contributed by atoms with van der Waals surface area (Å²) in [6.45, 7) is 0. The molecule has 2 aromatic rings. The number of nitrogens with one attached hydrogen (secondary N) is 1. The number of carbonyl (C=O) groups is 1. The van der Waals surface area contributed by atoms with Crippen LogP contribution in [-0.2, 0) is 0 Å². The predicted octanol–water partition coefficient (Wildman–Crippen LogP) is 1.29. The summed E-state index contributed by atoms with van der Waals surface area (Å²) in [5, 5.41) is 11.5. The summed E-state index contributed by atoms with van der Waals surface area (Å²) >= 11 is 0. The van der Waals surface area contributed by atoms with Crippen LogP contribution in [0.3, 0.4) is 0 Å². The lowest BCUT2D eigenvalue weighted by Gasteiger charge is -2.10. The first-order chi connectivity index (χ1) is 8.67. The van der Waals surface area contributed by atoms with Gasteiger partial charge in [0, 0.05) is 18.8 Å². The Morgan fingerprint density at radius 3 is 2.83 bits per heavy atom. The van der Waals surface area contributed by atoms with Gasteiger partial charge in [0.05, 0.1) is 11.4 Å². The quantitative estimate of drug-likeness (QED) is 0.776. The van der Waals surface area contributed by atoms with E-state index in [1.54, 1.807) is 48.1 Å². The van der Waals surface area contributed by atoms with E-state index in [1.165, 1.54) is 0 Å². The van der Waals surface area contributed by atoms with E-state index in [2.05, 4.69) is 11.4 Å². The van der Waals surface area contributed by atoms with E-state index in [0.29, 0.717) is 22.6 Å². The Hall–Kier alpha value is -2.74. The van der Waals surface area contributed by atoms with Crippen LogP contribution in [0.4, 0.5) is 5.69 Å². The third-order valence-corrected chi connectivity index (χ3v) is 2.64. The Balaban J connectivity index is 2.49. The van der Waals surface area contributed by atoms with Crippen LogP contribution in [0.1, 0.15) is 16.1 Å². The molecule has 3 N–H and O–H groups in total. The van der Waals surface area contributed by atoms with Crippen molar-refractivity contribution in [2.45, 2.75) is 0 Å². The highest BCUT2D eigenvalue weighted by Gasteiger charge is 2.09. The fourth-order valence-corrected chi connectivity index (χ4v) is 1.74. The van der Waals surface area contributed by atoms with Crippen LogP contribution < -0.4 is 11.1 Å². The Labute approximate surface area is 104 Å². The molecular formula is C13H12N4O. The Morgan fingerprint density at radius 1 is 1.44 bits per heavy atom. The number of carbonyl (C=O) groups excluding carboxylic acids is 1. The van der Waals surface area contributed by atoms with Gasteiger partial charge in [0.2, 0.25) is 0 Å². The standard InChI is InChI=1S/C13H12N4O/c1-16-13(18)9-4-5-12(11(15)7-9)17-6-2-3-10(17)8-14/h2-7H,15H2,1H3,(H,16,18). The zero-order valence-corrected chi connectivity index (χ0v) is 9.84. The normalized spacial score (nSPS) is 9.78. The fourth-order valence-electron chi connectivity index (χ4n) is 1.74. The van der Waals surface area contributed by atoms with Gasteiger partial charge in [-0.3, -0.25) is 4.79 Å². The monoisotopic (exact) mass is 240 g/mol. The van der Waals surface area contributed by atoms with E-state index in [9.17, 15) is 4.79 Å². The number of aromatic nitrogens is 1. The lowest BCUT2D eigenvalue weighted by molar-refractivity contribution is 0.0963. The summed E-state index contributed by atoms with van der Waals surface area (Å²) in [5.74, 6) is -0.193. The Kier molecular flexibility index (Phi) is 3.02. The van der Waals surface area contributed by atoms with Crippen molar-refractivity contribution in [3.63, 3.8) is 0 Å². The summed E-state index contributed by atoms with van der Waals surface area (Å²) in [4.78, 5) is 11.5. The molecule has 18 heavy (non-hydrogen) atoms. The highest BCUT2D eigenvalue weighted by molar-refractivity contribution is 5.95. The zero-order chi connectivity index (χ0) is 13.1. The van der Waals surface area contributed by atoms with Gasteiger partial charge in [-0.15, -0.1) is 0 Å². The maximum absolute atomic E-state index is 11.5. The molecule has 0 bridgehead atoms. The lowest BCUT2D eigenvalue weighted by atomic mass is 10.1. The smallest absolute Gasteiger partial charge is 0.251 e. The second-order valence-corrected chi connectivity index (χ2v) is 3.73. The van der Waals surface area contributed by atoms with Crippen molar-refractivity contribution in [1.29, 1.82) is 5.26 Å². The van der Waals surface area contributed by atoms with E-state index in [4.69, 9.17) is 11.0 Å². The van der Waals surface area contributed by atoms with Crippen LogP contribution in [0.25, 0.3) is 5.69 Å². The number of amides is 1. The zero-order valence-electron chi connectivity index (χ0n) is 9.84. The van der Waals surface area contributed by atoms with E-state index >= 15 is 0 Å². The summed E-state index contributed by atoms with van der Waals surface area (Å²) < 4.78 is 1.68. The molecule has 2 rings (SSSR count). The number of nitriles is 1. The van der Waals surface area contributed by atoms with Gasteiger partial charge in [-0.1, -0.05) is 0 Å². The molecule has 0 aliphatic carbocycles. The number of benzene rings is 1. The Bertz CT molecular complexity index is 637. The minimum atomic E-state index is -0.193. The summed E-state index contributed by atoms with van der Waals surface area (Å²) in [7, 11) is 1.56. The number of hydrogen-bond acceptors (Lipinski definition) is 3. The molecule has 0 aliphatic heterocycles. The SMILES string of the molecule is CNC(=O)c1ccc(-n2cccc2C#N)c(N)c1. The summed E-state index contributed by atoms with van der Waals surface area (Å²) in [6.07, 6.45) is 1.75. The largest absolute Gasteiger partial charge is 0.397 e. The number of rotatable bonds is 2. The highest BCUT2D eigenvalue weighted by Crippen LogP contribution is 2.21. The third-order valence-electron chi connectivity index (χ3n) is 2.64. The molecule has 5 nitrogen and oxygen atoms in total. The van der Waals surface area contributed by atoms with Gasteiger partial charge in [-0.05, 0) is 30.3 Å². The van der Waals surface area contributed by atoms with Crippen molar-refractivity contribution in [2.75, 3.05) is 12.8 Å². The fraction of sp³-hybridized carbons (Fsp3) is 0.0769. The third kappa shape index (κ3) is 1.92. The number of nitrogens with two attached hydrogens (primary N) is 1. The minimum absolute atomic E-state index is 0.193. The molecule has 0 saturated carbocycles. The van der Waals surface area contributed by atoms with Crippen molar-refractivity contribution in [3.8, 4) is 11.8 Å². The van der Waals surface area contributed by atoms with Gasteiger partial charge in [-0.2, -0.15) is 5.26 Å². The van der Waals surface area contributed by atoms with Crippen molar-refractivity contribution in [3.05, 3.63) is 47.8 Å². The van der Waals surface area contributed by atoms with Gasteiger partial charge in [0.15, 0.2) is 0 Å². The number of nitrogen functional groups attached to an aromatic ring is 1. The molecule has 0 spiro atoms. The second kappa shape index (κ2) is 4.63. The van der Waals surface area contributed by atoms with Gasteiger partial charge in [0.25, 0.3) is 5.91 Å². The molecule has 0 fully saturated rings. The van der Waals surface area contributed by atoms with Gasteiger partial charge in [-0.25, -0.2) is 0 Å². The topological polar surface area (TPSA) is 83.8 Å². The van der Waals surface area contributed by atoms with Crippen molar-refractivity contribution >= 4 is 11.6 Å². The second-order valence-electron chi connectivity index (χ2n) is 3.73. The van der Waals surface area contributed by atoms with Gasteiger partial charge in [0.1, 0.15) is 11.8 Å². The van der Waals surface area contributed by atoms with E-state index in [0.717, 1.165) is 0 Å². The molecule has 1 aromatic carbocycles. The average Bonchev–Trinajstić information content (AvgIpc) is 2.85. The van der Waals surface area contributed by atoms with Crippen LogP contribution >= 0.6 is 0 Å². The molecule has 0 radical (unpaired) electrons. The molecule has 0 saturated heterocycles. The first-order valence-electron chi connectivity index (χ1n) is 5.37. The maximum atomic E-state index is 11.5. The molecule has 1 amide bonds. The molecule has 0 aliphatic rings. The maximum Gasteiger partial charge on any atom is 0.251 e. The predicted molar refractivity (Wildman–Crippen MR) is 68.3 cm³/mol. The van der Waals surface area contributed by atoms with Crippen LogP contribution in [0.15, 0.2) is 36.5 Å². The van der Waals surface area contributed by atoms with Crippen LogP contribution in [0, 0.1) is 11.3 Å². The van der Waals surface area contributed by atoms with Crippen molar-refractivity contribution in [1.82, 2.24) is 9.88 Å². The molecule has 0 atom stereocenters. The van der Waals surface area contributed by atoms with Crippen LogP contribution in [0.5, 0.6) is 0 Å². The van der Waals surface area contributed by atoms with Crippen molar-refractivity contribution in [2.24, 2.45) is 0 Å². The summed E-state index contributed by atoms with van der Waals surface area (Å²) in [6, 6.07) is 10.5. The lowest BCUT2D eigenvalue weighted by Crippen LogP contribution is -2.18. The van der Waals surface area contributed by atoms with Gasteiger partial charge >= 0.3 is 0 Å². The van der Waals surface area contributed by atoms with E-state index < -0.39 is 0 Å². The summed E-state index contributed by atoms with van der Waals surface area (Å²) in [5.41, 5.74) is 8.04. The van der Waals surface area contributed by atoms with Crippen LogP contribution in [0.2, 0.25) is 0 Å². The molecule has 1 heterocycles. The minimum Gasteiger partial charge on any atom is -0.397 e. The molecule has 5 heteroatoms. The average molecular weight is 240 g/mol. The molecular weight excluding hydrogens is 228 g/mol. The van der Waals surface area contributed by atoms with E-state index in [-0.39, 0.29) is 5.91 Å². The molecule has 0 unspecified atom stereocenters. The van der Waals surface area contributed by atoms with E-state index in [1.807, 2.05) is 0 Å². The first-order valence-corrected chi connectivity index (χ1v) is 5.37. The van der Waals surface area contributed by atoms with Crippen molar-refractivity contribution < 1.29 is 4.79 Å². The number of nitrogens with zero attached hydrogens (tertiary/aromatic N) is 2. The van der Waals surface area contributed by atoms with Gasteiger partial charge < -0.3 is 15.6 Å². The molecule has 1 aromatic heterocycles. The molecule has 90 valence electrons. The highest BCUT2D eigenvalue weighted by atomic mass is 16.1. The Morgan fingerprint density at radius 2 is 2.22 bits per heavy atom. The number of anilines is 1.